The van der Waals surface area contributed by atoms with Gasteiger partial charge in [-0.15, -0.1) is 0 Å². The molecule has 1 saturated heterocycles. The van der Waals surface area contributed by atoms with E-state index in [0.29, 0.717) is 36.6 Å². The molecule has 1 heterocycles. The lowest BCUT2D eigenvalue weighted by molar-refractivity contribution is -0.143. The van der Waals surface area contributed by atoms with E-state index < -0.39 is 15.4 Å². The summed E-state index contributed by atoms with van der Waals surface area (Å²) >= 11 is 0. The van der Waals surface area contributed by atoms with Crippen molar-refractivity contribution in [1.82, 2.24) is 0 Å². The molecule has 3 aromatic rings. The Hall–Kier alpha value is -3.43. The summed E-state index contributed by atoms with van der Waals surface area (Å²) in [5, 5.41) is 14.0. The first kappa shape index (κ1) is 30.5. The molecule has 2 N–H and O–H groups in total. The number of sulfone groups is 1. The van der Waals surface area contributed by atoms with E-state index >= 15 is 0 Å². The number of anilines is 1. The number of halogens is 1. The molecule has 1 fully saturated rings. The van der Waals surface area contributed by atoms with Gasteiger partial charge in [0.25, 0.3) is 0 Å². The zero-order valence-corrected chi connectivity index (χ0v) is 24.7. The predicted octanol–water partition coefficient (Wildman–Crippen LogP) is 5.54. The number of rotatable bonds is 11. The Morgan fingerprint density at radius 2 is 1.76 bits per heavy atom. The molecule has 0 atom stereocenters. The van der Waals surface area contributed by atoms with Gasteiger partial charge in [-0.2, -0.15) is 0 Å². The van der Waals surface area contributed by atoms with Crippen LogP contribution in [0.15, 0.2) is 54.6 Å². The predicted molar refractivity (Wildman–Crippen MR) is 158 cm³/mol. The maximum Gasteiger partial charge on any atom is 0.306 e. The van der Waals surface area contributed by atoms with E-state index in [1.807, 2.05) is 50.2 Å². The van der Waals surface area contributed by atoms with Gasteiger partial charge in [-0.1, -0.05) is 24.3 Å². The fourth-order valence-electron chi connectivity index (χ4n) is 5.11. The van der Waals surface area contributed by atoms with Crippen LogP contribution in [0.5, 0.6) is 5.75 Å². The number of carbonyl (C=O) groups is 1. The third-order valence-electron chi connectivity index (χ3n) is 7.44. The van der Waals surface area contributed by atoms with Crippen molar-refractivity contribution in [1.29, 1.82) is 0 Å². The summed E-state index contributed by atoms with van der Waals surface area (Å²) in [7, 11) is -3.07. The van der Waals surface area contributed by atoms with Crippen molar-refractivity contribution in [3.05, 3.63) is 82.7 Å². The number of ether oxygens (including phenoxy) is 2. The standard InChI is InChI=1S/C32H38FNO6S/c1-4-39-30(35)11-9-25-8-10-27(19-29(25)33)34-20-24-6-5-7-26(18-24)31-22(2)16-28(17-23(31)3)40-21-32(36)12-14-41(37,38)15-13-32/h5-8,10,16-19,34,36H,4,9,11-15,20-21H2,1-3H3. The molecule has 0 radical (unpaired) electrons. The molecule has 0 unspecified atom stereocenters. The highest BCUT2D eigenvalue weighted by Gasteiger charge is 2.36. The topological polar surface area (TPSA) is 102 Å². The number of aliphatic hydroxyl groups is 1. The van der Waals surface area contributed by atoms with Gasteiger partial charge in [-0.3, -0.25) is 4.79 Å². The van der Waals surface area contributed by atoms with Crippen LogP contribution >= 0.6 is 0 Å². The highest BCUT2D eigenvalue weighted by atomic mass is 32.2. The molecular formula is C32H38FNO6S. The molecule has 1 aliphatic heterocycles. The minimum Gasteiger partial charge on any atom is -0.491 e. The van der Waals surface area contributed by atoms with E-state index in [4.69, 9.17) is 9.47 Å². The molecule has 41 heavy (non-hydrogen) atoms. The van der Waals surface area contributed by atoms with E-state index in [0.717, 1.165) is 27.8 Å². The Balaban J connectivity index is 1.39. The van der Waals surface area contributed by atoms with E-state index in [-0.39, 0.29) is 49.2 Å². The second-order valence-electron chi connectivity index (χ2n) is 10.8. The molecule has 4 rings (SSSR count). The minimum atomic E-state index is -3.07. The van der Waals surface area contributed by atoms with Gasteiger partial charge in [0.15, 0.2) is 9.84 Å². The first-order valence-corrected chi connectivity index (χ1v) is 15.7. The largest absolute Gasteiger partial charge is 0.491 e. The number of benzene rings is 3. The molecule has 0 spiro atoms. The monoisotopic (exact) mass is 583 g/mol. The quantitative estimate of drug-likeness (QED) is 0.286. The lowest BCUT2D eigenvalue weighted by Crippen LogP contribution is -2.43. The molecule has 0 saturated carbocycles. The summed E-state index contributed by atoms with van der Waals surface area (Å²) in [4.78, 5) is 11.6. The highest BCUT2D eigenvalue weighted by Crippen LogP contribution is 2.33. The van der Waals surface area contributed by atoms with Crippen molar-refractivity contribution in [3.63, 3.8) is 0 Å². The minimum absolute atomic E-state index is 0.0214. The summed E-state index contributed by atoms with van der Waals surface area (Å²) in [5.41, 5.74) is 5.18. The Kier molecular flexibility index (Phi) is 9.71. The zero-order valence-electron chi connectivity index (χ0n) is 23.8. The van der Waals surface area contributed by atoms with Crippen LogP contribution in [0, 0.1) is 19.7 Å². The average molecular weight is 584 g/mol. The van der Waals surface area contributed by atoms with Gasteiger partial charge < -0.3 is 19.9 Å². The van der Waals surface area contributed by atoms with Crippen LogP contribution in [0.3, 0.4) is 0 Å². The smallest absolute Gasteiger partial charge is 0.306 e. The zero-order chi connectivity index (χ0) is 29.6. The van der Waals surface area contributed by atoms with Crippen molar-refractivity contribution >= 4 is 21.5 Å². The van der Waals surface area contributed by atoms with Crippen LogP contribution in [0.4, 0.5) is 10.1 Å². The molecule has 3 aromatic carbocycles. The van der Waals surface area contributed by atoms with Crippen molar-refractivity contribution < 1.29 is 32.2 Å². The van der Waals surface area contributed by atoms with E-state index in [1.54, 1.807) is 13.0 Å². The van der Waals surface area contributed by atoms with Crippen LogP contribution in [-0.2, 0) is 32.3 Å². The SMILES string of the molecule is CCOC(=O)CCc1ccc(NCc2cccc(-c3c(C)cc(OCC4(O)CCS(=O)(=O)CC4)cc3C)c2)cc1F. The van der Waals surface area contributed by atoms with E-state index in [9.17, 15) is 22.7 Å². The number of aryl methyl sites for hydroxylation is 3. The maximum atomic E-state index is 14.6. The van der Waals surface area contributed by atoms with Gasteiger partial charge in [0.2, 0.25) is 0 Å². The van der Waals surface area contributed by atoms with E-state index in [1.165, 1.54) is 6.07 Å². The molecule has 0 bridgehead atoms. The normalized spacial score (nSPS) is 15.7. The van der Waals surface area contributed by atoms with Crippen molar-refractivity contribution in [2.45, 2.75) is 58.6 Å². The Morgan fingerprint density at radius 1 is 1.05 bits per heavy atom. The van der Waals surface area contributed by atoms with Gasteiger partial charge in [-0.05, 0) is 104 Å². The Labute approximate surface area is 241 Å². The molecule has 0 amide bonds. The fraction of sp³-hybridized carbons (Fsp3) is 0.406. The molecule has 9 heteroatoms. The summed E-state index contributed by atoms with van der Waals surface area (Å²) in [6, 6.07) is 16.9. The lowest BCUT2D eigenvalue weighted by atomic mass is 9.94. The summed E-state index contributed by atoms with van der Waals surface area (Å²) < 4.78 is 48.9. The van der Waals surface area contributed by atoms with E-state index in [2.05, 4.69) is 11.4 Å². The maximum absolute atomic E-state index is 14.6. The molecule has 1 aliphatic rings. The number of hydrogen-bond acceptors (Lipinski definition) is 7. The van der Waals surface area contributed by atoms with Crippen LogP contribution in [-0.4, -0.2) is 49.8 Å². The third kappa shape index (κ3) is 8.30. The van der Waals surface area contributed by atoms with Crippen LogP contribution < -0.4 is 10.1 Å². The first-order valence-electron chi connectivity index (χ1n) is 13.9. The number of nitrogens with one attached hydrogen (secondary N) is 1. The van der Waals surface area contributed by atoms with Gasteiger partial charge in [0.05, 0.1) is 18.1 Å². The summed E-state index contributed by atoms with van der Waals surface area (Å²) in [6.07, 6.45) is 0.794. The third-order valence-corrected chi connectivity index (χ3v) is 9.09. The highest BCUT2D eigenvalue weighted by molar-refractivity contribution is 7.91. The van der Waals surface area contributed by atoms with Crippen molar-refractivity contribution in [2.24, 2.45) is 0 Å². The number of esters is 1. The first-order chi connectivity index (χ1) is 19.5. The molecule has 0 aliphatic carbocycles. The van der Waals surface area contributed by atoms with Crippen LogP contribution in [0.25, 0.3) is 11.1 Å². The molecule has 0 aromatic heterocycles. The van der Waals surface area contributed by atoms with Crippen LogP contribution in [0.2, 0.25) is 0 Å². The van der Waals surface area contributed by atoms with Gasteiger partial charge in [-0.25, -0.2) is 12.8 Å². The Bertz CT molecular complexity index is 1470. The fourth-order valence-corrected chi connectivity index (χ4v) is 6.70. The molecule has 7 nitrogen and oxygen atoms in total. The van der Waals surface area contributed by atoms with Gasteiger partial charge in [0.1, 0.15) is 23.8 Å². The summed E-state index contributed by atoms with van der Waals surface area (Å²) in [6.45, 7) is 6.63. The second kappa shape index (κ2) is 13.0. The molecule has 220 valence electrons. The van der Waals surface area contributed by atoms with Crippen molar-refractivity contribution in [2.75, 3.05) is 30.0 Å². The number of carbonyl (C=O) groups excluding carboxylic acids is 1. The Morgan fingerprint density at radius 3 is 2.41 bits per heavy atom. The molecular weight excluding hydrogens is 545 g/mol. The van der Waals surface area contributed by atoms with Crippen LogP contribution in [0.1, 0.15) is 48.4 Å². The van der Waals surface area contributed by atoms with Gasteiger partial charge in [0, 0.05) is 18.7 Å². The average Bonchev–Trinajstić information content (AvgIpc) is 2.92. The lowest BCUT2D eigenvalue weighted by Gasteiger charge is -2.31. The second-order valence-corrected chi connectivity index (χ2v) is 13.1. The number of hydrogen-bond donors (Lipinski definition) is 2. The summed E-state index contributed by atoms with van der Waals surface area (Å²) in [5.74, 6) is -0.101. The van der Waals surface area contributed by atoms with Crippen molar-refractivity contribution in [3.8, 4) is 16.9 Å². The van der Waals surface area contributed by atoms with Gasteiger partial charge >= 0.3 is 5.97 Å².